The summed E-state index contributed by atoms with van der Waals surface area (Å²) in [4.78, 5) is 17.8. The number of anilines is 2. The first-order valence-corrected chi connectivity index (χ1v) is 6.33. The molecule has 2 rings (SSSR count). The molecular formula is C9H13N5O3S. The summed E-state index contributed by atoms with van der Waals surface area (Å²) in [5.41, 5.74) is 5.17. The van der Waals surface area contributed by atoms with E-state index in [-0.39, 0.29) is 34.6 Å². The number of thioether (sulfide) groups is 1. The van der Waals surface area contributed by atoms with Crippen LogP contribution in [0.4, 0.5) is 17.3 Å². The Balaban J connectivity index is 2.15. The van der Waals surface area contributed by atoms with Crippen molar-refractivity contribution in [3.8, 4) is 0 Å². The van der Waals surface area contributed by atoms with Crippen LogP contribution in [-0.4, -0.2) is 37.2 Å². The number of aliphatic hydroxyl groups is 1. The maximum Gasteiger partial charge on any atom is 0.353 e. The monoisotopic (exact) mass is 271 g/mol. The van der Waals surface area contributed by atoms with Crippen LogP contribution in [-0.2, 0) is 0 Å². The van der Waals surface area contributed by atoms with Gasteiger partial charge in [-0.3, -0.25) is 10.1 Å². The van der Waals surface area contributed by atoms with Crippen molar-refractivity contribution in [3.63, 3.8) is 0 Å². The van der Waals surface area contributed by atoms with Crippen molar-refractivity contribution in [3.05, 3.63) is 16.4 Å². The highest BCUT2D eigenvalue weighted by Gasteiger charge is 2.28. The zero-order chi connectivity index (χ0) is 13.1. The normalized spacial score (nSPS) is 22.9. The summed E-state index contributed by atoms with van der Waals surface area (Å²) in [5.74, 6) is -0.0252. The van der Waals surface area contributed by atoms with Gasteiger partial charge in [0.2, 0.25) is 11.6 Å². The van der Waals surface area contributed by atoms with Gasteiger partial charge in [0.05, 0.1) is 16.9 Å². The molecule has 8 nitrogen and oxygen atoms in total. The Morgan fingerprint density at radius 2 is 2.39 bits per heavy atom. The molecule has 0 aromatic carbocycles. The molecule has 0 bridgehead atoms. The number of nitro groups is 1. The van der Waals surface area contributed by atoms with E-state index in [1.807, 2.05) is 0 Å². The Labute approximate surface area is 107 Å². The number of hydrogen-bond acceptors (Lipinski definition) is 8. The molecule has 0 radical (unpaired) electrons. The van der Waals surface area contributed by atoms with Crippen LogP contribution in [0.3, 0.4) is 0 Å². The maximum absolute atomic E-state index is 10.9. The lowest BCUT2D eigenvalue weighted by Gasteiger charge is -2.13. The first kappa shape index (κ1) is 12.8. The highest BCUT2D eigenvalue weighted by molar-refractivity contribution is 8.00. The van der Waals surface area contributed by atoms with E-state index in [4.69, 9.17) is 10.8 Å². The summed E-state index contributed by atoms with van der Waals surface area (Å²) < 4.78 is 0. The van der Waals surface area contributed by atoms with Gasteiger partial charge in [-0.1, -0.05) is 0 Å². The second kappa shape index (κ2) is 5.36. The second-order valence-corrected chi connectivity index (χ2v) is 5.37. The minimum Gasteiger partial charge on any atom is -0.395 e. The Bertz CT molecular complexity index is 458. The van der Waals surface area contributed by atoms with Crippen molar-refractivity contribution in [2.75, 3.05) is 17.7 Å². The highest BCUT2D eigenvalue weighted by Crippen LogP contribution is 2.36. The van der Waals surface area contributed by atoms with E-state index >= 15 is 0 Å². The summed E-state index contributed by atoms with van der Waals surface area (Å²) in [7, 11) is 0. The van der Waals surface area contributed by atoms with E-state index in [0.29, 0.717) is 0 Å². The van der Waals surface area contributed by atoms with Crippen LogP contribution in [0.5, 0.6) is 0 Å². The van der Waals surface area contributed by atoms with Gasteiger partial charge in [-0.05, 0) is 12.8 Å². The lowest BCUT2D eigenvalue weighted by atomic mass is 10.2. The fourth-order valence-electron chi connectivity index (χ4n) is 1.78. The van der Waals surface area contributed by atoms with Gasteiger partial charge < -0.3 is 16.2 Å². The van der Waals surface area contributed by atoms with E-state index < -0.39 is 4.92 Å². The molecule has 9 heteroatoms. The van der Waals surface area contributed by atoms with Crippen molar-refractivity contribution in [2.45, 2.75) is 23.5 Å². The number of nitrogens with two attached hydrogens (primary N) is 1. The standard InChI is InChI=1S/C9H13N5O3S/c10-8-7(14(16)17)9(12-4-11-8)13-6-2-1-5(3-15)18-6/h4-6,15H,1-3H2,(H3,10,11,12,13). The molecule has 18 heavy (non-hydrogen) atoms. The average molecular weight is 271 g/mol. The molecule has 1 aromatic rings. The summed E-state index contributed by atoms with van der Waals surface area (Å²) in [5, 5.41) is 23.1. The summed E-state index contributed by atoms with van der Waals surface area (Å²) in [6.45, 7) is 0.108. The lowest BCUT2D eigenvalue weighted by Crippen LogP contribution is -2.15. The largest absolute Gasteiger partial charge is 0.395 e. The van der Waals surface area contributed by atoms with E-state index in [0.717, 1.165) is 12.8 Å². The van der Waals surface area contributed by atoms with Crippen LogP contribution in [0.15, 0.2) is 6.33 Å². The number of aliphatic hydroxyl groups excluding tert-OH is 1. The number of rotatable bonds is 4. The Hall–Kier alpha value is -1.61. The smallest absolute Gasteiger partial charge is 0.353 e. The van der Waals surface area contributed by atoms with Crippen molar-refractivity contribution in [1.82, 2.24) is 9.97 Å². The lowest BCUT2D eigenvalue weighted by molar-refractivity contribution is -0.383. The van der Waals surface area contributed by atoms with Crippen LogP contribution in [0.2, 0.25) is 0 Å². The molecule has 2 atom stereocenters. The molecule has 0 amide bonds. The van der Waals surface area contributed by atoms with Gasteiger partial charge in [0.15, 0.2) is 0 Å². The molecule has 2 unspecified atom stereocenters. The number of nitrogen functional groups attached to an aromatic ring is 1. The minimum atomic E-state index is -0.596. The van der Waals surface area contributed by atoms with E-state index in [9.17, 15) is 10.1 Å². The third-order valence-electron chi connectivity index (χ3n) is 2.64. The molecule has 1 saturated heterocycles. The highest BCUT2D eigenvalue weighted by atomic mass is 32.2. The molecule has 0 spiro atoms. The van der Waals surface area contributed by atoms with E-state index in [1.54, 1.807) is 11.8 Å². The summed E-state index contributed by atoms with van der Waals surface area (Å²) in [6, 6.07) is 0. The van der Waals surface area contributed by atoms with E-state index in [1.165, 1.54) is 6.33 Å². The third-order valence-corrected chi connectivity index (χ3v) is 4.09. The molecule has 4 N–H and O–H groups in total. The number of aromatic nitrogens is 2. The van der Waals surface area contributed by atoms with Gasteiger partial charge in [-0.2, -0.15) is 0 Å². The molecule has 2 heterocycles. The topological polar surface area (TPSA) is 127 Å². The van der Waals surface area contributed by atoms with Crippen LogP contribution in [0.1, 0.15) is 12.8 Å². The van der Waals surface area contributed by atoms with Crippen LogP contribution in [0.25, 0.3) is 0 Å². The molecule has 0 aliphatic carbocycles. The van der Waals surface area contributed by atoms with Crippen molar-refractivity contribution in [1.29, 1.82) is 0 Å². The summed E-state index contributed by atoms with van der Waals surface area (Å²) >= 11 is 1.55. The zero-order valence-corrected chi connectivity index (χ0v) is 10.3. The Morgan fingerprint density at radius 3 is 3.00 bits per heavy atom. The molecule has 0 saturated carbocycles. The zero-order valence-electron chi connectivity index (χ0n) is 9.44. The first-order chi connectivity index (χ1) is 8.61. The van der Waals surface area contributed by atoms with Gasteiger partial charge in [-0.15, -0.1) is 11.8 Å². The second-order valence-electron chi connectivity index (χ2n) is 3.86. The molecule has 1 aliphatic rings. The van der Waals surface area contributed by atoms with Gasteiger partial charge in [0, 0.05) is 5.25 Å². The molecule has 1 aromatic heterocycles. The Kier molecular flexibility index (Phi) is 3.82. The fourth-order valence-corrected chi connectivity index (χ4v) is 3.05. The predicted octanol–water partition coefficient (Wildman–Crippen LogP) is 0.593. The average Bonchev–Trinajstić information content (AvgIpc) is 2.76. The van der Waals surface area contributed by atoms with Crippen LogP contribution >= 0.6 is 11.8 Å². The first-order valence-electron chi connectivity index (χ1n) is 5.39. The SMILES string of the molecule is Nc1ncnc(NC2CCC(CO)S2)c1[N+](=O)[O-]. The van der Waals surface area contributed by atoms with Crippen molar-refractivity contribution in [2.24, 2.45) is 0 Å². The Morgan fingerprint density at radius 1 is 1.61 bits per heavy atom. The van der Waals surface area contributed by atoms with E-state index in [2.05, 4.69) is 15.3 Å². The number of nitrogens with zero attached hydrogens (tertiary/aromatic N) is 3. The molecule has 98 valence electrons. The molecule has 1 aliphatic heterocycles. The summed E-state index contributed by atoms with van der Waals surface area (Å²) in [6.07, 6.45) is 2.87. The van der Waals surface area contributed by atoms with Crippen molar-refractivity contribution >= 4 is 29.1 Å². The minimum absolute atomic E-state index is 0.00449. The molecular weight excluding hydrogens is 258 g/mol. The number of nitrogens with one attached hydrogen (secondary N) is 1. The van der Waals surface area contributed by atoms with Gasteiger partial charge in [-0.25, -0.2) is 9.97 Å². The molecule has 1 fully saturated rings. The number of hydrogen-bond donors (Lipinski definition) is 3. The van der Waals surface area contributed by atoms with Gasteiger partial charge in [0.25, 0.3) is 0 Å². The van der Waals surface area contributed by atoms with Crippen molar-refractivity contribution < 1.29 is 10.0 Å². The fraction of sp³-hybridized carbons (Fsp3) is 0.556. The third kappa shape index (κ3) is 2.62. The van der Waals surface area contributed by atoms with Gasteiger partial charge in [0.1, 0.15) is 6.33 Å². The maximum atomic E-state index is 10.9. The van der Waals surface area contributed by atoms with Crippen LogP contribution < -0.4 is 11.1 Å². The quantitative estimate of drug-likeness (QED) is 0.536. The predicted molar refractivity (Wildman–Crippen MR) is 68.2 cm³/mol. The van der Waals surface area contributed by atoms with Crippen LogP contribution in [0, 0.1) is 10.1 Å². The van der Waals surface area contributed by atoms with Gasteiger partial charge >= 0.3 is 5.69 Å².